The van der Waals surface area contributed by atoms with Crippen molar-refractivity contribution in [3.63, 3.8) is 0 Å². The molecular weight excluding hydrogens is 502 g/mol. The molecule has 4 aromatic rings. The Bertz CT molecular complexity index is 1610. The first kappa shape index (κ1) is 26.2. The van der Waals surface area contributed by atoms with E-state index < -0.39 is 0 Å². The third-order valence-electron chi connectivity index (χ3n) is 8.11. The number of nitrogens with one attached hydrogen (secondary N) is 2. The van der Waals surface area contributed by atoms with Crippen molar-refractivity contribution >= 4 is 28.0 Å². The third kappa shape index (κ3) is 5.01. The van der Waals surface area contributed by atoms with E-state index in [2.05, 4.69) is 51.4 Å². The highest BCUT2D eigenvalue weighted by Crippen LogP contribution is 2.32. The summed E-state index contributed by atoms with van der Waals surface area (Å²) in [6.07, 6.45) is 13.5. The van der Waals surface area contributed by atoms with E-state index >= 15 is 0 Å². The van der Waals surface area contributed by atoms with E-state index in [0.29, 0.717) is 5.56 Å². The monoisotopic (exact) mass is 539 g/mol. The lowest BCUT2D eigenvalue weighted by molar-refractivity contribution is 0.0918. The molecule has 0 radical (unpaired) electrons. The van der Waals surface area contributed by atoms with Crippen molar-refractivity contribution in [3.05, 3.63) is 72.0 Å². The van der Waals surface area contributed by atoms with Crippen molar-refractivity contribution in [2.45, 2.75) is 25.8 Å². The highest BCUT2D eigenvalue weighted by Gasteiger charge is 2.23. The van der Waals surface area contributed by atoms with Crippen molar-refractivity contribution in [2.75, 3.05) is 46.8 Å². The lowest BCUT2D eigenvalue weighted by atomic mass is 9.99. The van der Waals surface area contributed by atoms with E-state index in [4.69, 9.17) is 10.8 Å². The minimum atomic E-state index is -0.0732. The van der Waals surface area contributed by atoms with E-state index in [-0.39, 0.29) is 11.9 Å². The van der Waals surface area contributed by atoms with Crippen molar-refractivity contribution < 1.29 is 4.79 Å². The topological polar surface area (TPSA) is 111 Å². The van der Waals surface area contributed by atoms with Crippen LogP contribution in [0.2, 0.25) is 0 Å². The van der Waals surface area contributed by atoms with Gasteiger partial charge in [0.15, 0.2) is 0 Å². The van der Waals surface area contributed by atoms with E-state index in [1.807, 2.05) is 48.7 Å². The van der Waals surface area contributed by atoms with E-state index in [1.54, 1.807) is 10.7 Å². The number of fused-ring (bicyclic) bond motifs is 2. The fourth-order valence-electron chi connectivity index (χ4n) is 5.73. The van der Waals surface area contributed by atoms with Crippen LogP contribution < -0.4 is 11.2 Å². The van der Waals surface area contributed by atoms with Gasteiger partial charge >= 0.3 is 0 Å². The second-order valence-electron chi connectivity index (χ2n) is 11.0. The number of pyridine rings is 2. The lowest BCUT2D eigenvalue weighted by Crippen LogP contribution is -2.46. The van der Waals surface area contributed by atoms with Crippen molar-refractivity contribution in [1.29, 1.82) is 0 Å². The summed E-state index contributed by atoms with van der Waals surface area (Å²) in [4.78, 5) is 25.9. The van der Waals surface area contributed by atoms with Gasteiger partial charge in [-0.25, -0.2) is 15.3 Å². The second kappa shape index (κ2) is 10.9. The second-order valence-corrected chi connectivity index (χ2v) is 11.0. The predicted molar refractivity (Wildman–Crippen MR) is 158 cm³/mol. The summed E-state index contributed by atoms with van der Waals surface area (Å²) in [5.41, 5.74) is 7.34. The molecule has 2 aliphatic heterocycles. The molecule has 0 saturated carbocycles. The number of piperazine rings is 1. The molecule has 10 heteroatoms. The van der Waals surface area contributed by atoms with Gasteiger partial charge in [0, 0.05) is 66.4 Å². The Morgan fingerprint density at radius 2 is 1.95 bits per heavy atom. The summed E-state index contributed by atoms with van der Waals surface area (Å²) < 4.78 is 1.76. The minimum Gasteiger partial charge on any atom is -0.349 e. The number of likely N-dealkylation sites (N-methyl/N-ethyl adjacent to an activating group) is 1. The van der Waals surface area contributed by atoms with Crippen LogP contribution in [0, 0.1) is 0 Å². The number of carbonyl (C=O) groups is 1. The number of piperidine rings is 1. The molecule has 4 aromatic heterocycles. The Labute approximate surface area is 234 Å². The maximum Gasteiger partial charge on any atom is 0.255 e. The Balaban J connectivity index is 1.36. The fourth-order valence-corrected chi connectivity index (χ4v) is 5.73. The Hall–Kier alpha value is -3.99. The Kier molecular flexibility index (Phi) is 7.14. The molecule has 0 aliphatic carbocycles. The maximum atomic E-state index is 13.2. The molecule has 6 heterocycles. The van der Waals surface area contributed by atoms with Crippen LogP contribution in [0.3, 0.4) is 0 Å². The average molecular weight is 540 g/mol. The number of aromatic nitrogens is 4. The largest absolute Gasteiger partial charge is 0.349 e. The SMILES string of the molecule is C/C=C/C(=C1/CN(C)CCN1N)c1cnc2[nH]cc(-c3ccn4ncc(C(=O)NC5CCN(C)CC5)c4c3)c2c1. The number of hydrazine groups is 1. The molecule has 10 nitrogen and oxygen atoms in total. The number of rotatable bonds is 5. The number of nitrogens with two attached hydrogens (primary N) is 1. The Morgan fingerprint density at radius 1 is 1.12 bits per heavy atom. The fraction of sp³-hybridized carbons (Fsp3) is 0.367. The molecule has 6 rings (SSSR count). The molecule has 1 amide bonds. The van der Waals surface area contributed by atoms with Crippen LogP contribution >= 0.6 is 0 Å². The molecule has 0 unspecified atom stereocenters. The number of aromatic amines is 1. The van der Waals surface area contributed by atoms with Gasteiger partial charge in [0.05, 0.1) is 23.0 Å². The van der Waals surface area contributed by atoms with Crippen molar-refractivity contribution in [1.82, 2.24) is 39.7 Å². The number of nitrogens with zero attached hydrogens (tertiary/aromatic N) is 6. The summed E-state index contributed by atoms with van der Waals surface area (Å²) >= 11 is 0. The molecule has 40 heavy (non-hydrogen) atoms. The number of likely N-dealkylation sites (tertiary alicyclic amines) is 1. The number of carbonyl (C=O) groups excluding carboxylic acids is 1. The molecule has 0 spiro atoms. The summed E-state index contributed by atoms with van der Waals surface area (Å²) in [6.45, 7) is 6.48. The number of allylic oxidation sites excluding steroid dienone is 3. The number of amides is 1. The lowest BCUT2D eigenvalue weighted by Gasteiger charge is -2.34. The van der Waals surface area contributed by atoms with Gasteiger partial charge in [-0.1, -0.05) is 12.2 Å². The summed E-state index contributed by atoms with van der Waals surface area (Å²) in [5.74, 6) is 6.34. The van der Waals surface area contributed by atoms with Gasteiger partial charge < -0.3 is 20.2 Å². The smallest absolute Gasteiger partial charge is 0.255 e. The molecule has 0 aromatic carbocycles. The molecule has 0 atom stereocenters. The van der Waals surface area contributed by atoms with E-state index in [0.717, 1.165) is 90.1 Å². The highest BCUT2D eigenvalue weighted by molar-refractivity contribution is 6.02. The molecule has 208 valence electrons. The van der Waals surface area contributed by atoms with Gasteiger partial charge in [-0.05, 0) is 70.7 Å². The quantitative estimate of drug-likeness (QED) is 0.334. The molecule has 4 N–H and O–H groups in total. The highest BCUT2D eigenvalue weighted by atomic mass is 16.1. The normalized spacial score (nSPS) is 19.2. The number of hydrogen-bond donors (Lipinski definition) is 3. The maximum absolute atomic E-state index is 13.2. The van der Waals surface area contributed by atoms with Crippen LogP contribution in [0.5, 0.6) is 0 Å². The molecule has 2 fully saturated rings. The molecule has 2 saturated heterocycles. The Morgan fingerprint density at radius 3 is 2.75 bits per heavy atom. The van der Waals surface area contributed by atoms with Crippen LogP contribution in [0.25, 0.3) is 33.3 Å². The predicted octanol–water partition coefficient (Wildman–Crippen LogP) is 3.11. The van der Waals surface area contributed by atoms with Gasteiger partial charge in [0.25, 0.3) is 5.91 Å². The molecule has 0 bridgehead atoms. The first-order valence-electron chi connectivity index (χ1n) is 13.9. The average Bonchev–Trinajstić information content (AvgIpc) is 3.58. The summed E-state index contributed by atoms with van der Waals surface area (Å²) in [7, 11) is 4.23. The third-order valence-corrected chi connectivity index (χ3v) is 8.11. The zero-order valence-corrected chi connectivity index (χ0v) is 23.4. The first-order valence-corrected chi connectivity index (χ1v) is 13.9. The van der Waals surface area contributed by atoms with Crippen LogP contribution in [0.4, 0.5) is 0 Å². The minimum absolute atomic E-state index is 0.0732. The summed E-state index contributed by atoms with van der Waals surface area (Å²) in [6, 6.07) is 6.42. The van der Waals surface area contributed by atoms with Crippen LogP contribution in [0.15, 0.2) is 60.8 Å². The molecular formula is C30H37N9O. The number of hydrogen-bond acceptors (Lipinski definition) is 7. The van der Waals surface area contributed by atoms with Crippen molar-refractivity contribution in [2.24, 2.45) is 5.84 Å². The standard InChI is InChI=1S/C30H37N9O/c1-4-5-23(28-19-37(3)12-13-38(28)31)21-14-24-25(17-33-29(24)32-16-21)20-6-11-39-27(15-20)26(18-34-39)30(40)35-22-7-9-36(2)10-8-22/h4-6,11,14-18,22H,7-10,12-13,19,31H2,1-3H3,(H,32,33)(H,35,40)/b5-4+,28-23+. The van der Waals surface area contributed by atoms with Crippen LogP contribution in [-0.4, -0.2) is 93.2 Å². The number of H-pyrrole nitrogens is 1. The summed E-state index contributed by atoms with van der Waals surface area (Å²) in [5, 5.41) is 10.5. The van der Waals surface area contributed by atoms with Gasteiger partial charge in [0.1, 0.15) is 5.65 Å². The first-order chi connectivity index (χ1) is 19.4. The van der Waals surface area contributed by atoms with E-state index in [1.165, 1.54) is 0 Å². The van der Waals surface area contributed by atoms with Crippen molar-refractivity contribution in [3.8, 4) is 11.1 Å². The van der Waals surface area contributed by atoms with Gasteiger partial charge in [0.2, 0.25) is 0 Å². The van der Waals surface area contributed by atoms with Gasteiger partial charge in [-0.3, -0.25) is 9.69 Å². The van der Waals surface area contributed by atoms with Crippen LogP contribution in [0.1, 0.15) is 35.7 Å². The van der Waals surface area contributed by atoms with Gasteiger partial charge in [-0.2, -0.15) is 5.10 Å². The van der Waals surface area contributed by atoms with E-state index in [9.17, 15) is 4.79 Å². The zero-order valence-electron chi connectivity index (χ0n) is 23.4. The zero-order chi connectivity index (χ0) is 27.8. The van der Waals surface area contributed by atoms with Gasteiger partial charge in [-0.15, -0.1) is 0 Å². The molecule has 2 aliphatic rings. The van der Waals surface area contributed by atoms with Crippen LogP contribution in [-0.2, 0) is 0 Å².